The molecule has 2 aliphatic carbocycles. The van der Waals surface area contributed by atoms with Crippen LogP contribution in [0.25, 0.3) is 0 Å². The van der Waals surface area contributed by atoms with Crippen LogP contribution in [0.5, 0.6) is 0 Å². The zero-order valence-corrected chi connectivity index (χ0v) is 16.7. The Morgan fingerprint density at radius 3 is 1.95 bits per heavy atom. The zero-order chi connectivity index (χ0) is 12.4. The van der Waals surface area contributed by atoms with Gasteiger partial charge in [-0.05, 0) is 0 Å². The predicted octanol–water partition coefficient (Wildman–Crippen LogP) is 2.73. The molecule has 0 saturated carbocycles. The van der Waals surface area contributed by atoms with Gasteiger partial charge >= 0.3 is 106 Å². The van der Waals surface area contributed by atoms with Crippen LogP contribution in [0.1, 0.15) is 12.8 Å². The van der Waals surface area contributed by atoms with E-state index in [1.807, 2.05) is 0 Å². The van der Waals surface area contributed by atoms with Gasteiger partial charge in [0.25, 0.3) is 0 Å². The summed E-state index contributed by atoms with van der Waals surface area (Å²) in [5.41, 5.74) is 0. The fourth-order valence-electron chi connectivity index (χ4n) is 2.58. The molecule has 0 fully saturated rings. The Morgan fingerprint density at radius 1 is 1.16 bits per heavy atom. The van der Waals surface area contributed by atoms with Gasteiger partial charge in [0.1, 0.15) is 0 Å². The molecule has 6 heteroatoms. The third-order valence-electron chi connectivity index (χ3n) is 3.81. The molecule has 0 unspecified atom stereocenters. The molecule has 0 amide bonds. The van der Waals surface area contributed by atoms with Crippen molar-refractivity contribution in [1.82, 2.24) is 0 Å². The minimum atomic E-state index is -3.42. The van der Waals surface area contributed by atoms with Gasteiger partial charge in [-0.1, -0.05) is 0 Å². The Labute approximate surface area is 130 Å². The summed E-state index contributed by atoms with van der Waals surface area (Å²) in [4.78, 5) is 0. The predicted molar refractivity (Wildman–Crippen MR) is 85.6 cm³/mol. The summed E-state index contributed by atoms with van der Waals surface area (Å²) in [5, 5.41) is 9.07. The molecule has 0 aromatic carbocycles. The van der Waals surface area contributed by atoms with Gasteiger partial charge in [0, 0.05) is 0 Å². The Hall–Kier alpha value is 0.560. The number of allylic oxidation sites excluding steroid dienone is 8. The first kappa shape index (κ1) is 19.6. The molecule has 0 heterocycles. The molecule has 1 N–H and O–H groups in total. The number of aliphatic hydroxyl groups is 1. The summed E-state index contributed by atoms with van der Waals surface area (Å²) in [5.74, 6) is 0. The first-order valence-electron chi connectivity index (χ1n) is 6.10. The molecular formula is C13H22Cl2O2SiZr. The second-order valence-electron chi connectivity index (χ2n) is 5.11. The van der Waals surface area contributed by atoms with Gasteiger partial charge in [0.15, 0.2) is 0 Å². The topological polar surface area (TPSA) is 29.5 Å². The molecule has 0 aromatic heterocycles. The summed E-state index contributed by atoms with van der Waals surface area (Å²) >= 11 is -3.42. The molecule has 2 aliphatic rings. The van der Waals surface area contributed by atoms with E-state index in [1.54, 1.807) is 0 Å². The minimum absolute atomic E-state index is 0. The van der Waals surface area contributed by atoms with Crippen molar-refractivity contribution < 1.29 is 25.8 Å². The van der Waals surface area contributed by atoms with Crippen molar-refractivity contribution in [3.05, 3.63) is 43.0 Å². The molecule has 108 valence electrons. The zero-order valence-electron chi connectivity index (χ0n) is 11.2. The summed E-state index contributed by atoms with van der Waals surface area (Å²) in [6.45, 7) is 2.65. The van der Waals surface area contributed by atoms with Crippen molar-refractivity contribution in [2.75, 3.05) is 13.2 Å². The molecule has 2 nitrogen and oxygen atoms in total. The standard InChI is InChI=1S/2C5H5.C2H5O2.CH3.2ClH.H2Si.Zr/c2*1-2-4-5-3-1;3-1-2-4;;;;;/h2*1-3H,4H2;3H,1-2H2;1H3;2*1H;1H2;/q;;-1;;;;;+1. The van der Waals surface area contributed by atoms with Crippen LogP contribution < -0.4 is 0 Å². The molecule has 0 bridgehead atoms. The number of hydrogen-bond acceptors (Lipinski definition) is 2. The second-order valence-corrected chi connectivity index (χ2v) is 28.3. The van der Waals surface area contributed by atoms with Crippen LogP contribution in [0.4, 0.5) is 0 Å². The third-order valence-corrected chi connectivity index (χ3v) is 22.9. The second kappa shape index (κ2) is 7.53. The molecule has 2 rings (SSSR count). The Morgan fingerprint density at radius 2 is 1.63 bits per heavy atom. The van der Waals surface area contributed by atoms with Crippen molar-refractivity contribution in [3.8, 4) is 0 Å². The third kappa shape index (κ3) is 3.81. The Bertz CT molecular complexity index is 473. The molecule has 0 aliphatic heterocycles. The molecule has 0 spiro atoms. The van der Waals surface area contributed by atoms with Crippen LogP contribution in [-0.2, 0) is 20.7 Å². The maximum absolute atomic E-state index is 9.07. The van der Waals surface area contributed by atoms with Gasteiger partial charge < -0.3 is 0 Å². The first-order chi connectivity index (χ1) is 8.07. The van der Waals surface area contributed by atoms with Crippen molar-refractivity contribution >= 4 is 31.7 Å². The molecule has 19 heavy (non-hydrogen) atoms. The van der Waals surface area contributed by atoms with E-state index < -0.39 is 17.8 Å². The molecule has 0 atom stereocenters. The fraction of sp³-hybridized carbons (Fsp3) is 0.385. The maximum atomic E-state index is 9.07. The van der Waals surface area contributed by atoms with E-state index in [-0.39, 0.29) is 31.4 Å². The van der Waals surface area contributed by atoms with Crippen molar-refractivity contribution in [1.29, 1.82) is 0 Å². The quantitative estimate of drug-likeness (QED) is 0.719. The summed E-state index contributed by atoms with van der Waals surface area (Å²) < 4.78 is 11.6. The van der Waals surface area contributed by atoms with E-state index in [9.17, 15) is 0 Å². The van der Waals surface area contributed by atoms with Crippen LogP contribution >= 0.6 is 24.8 Å². The molecule has 0 radical (unpaired) electrons. The Kier molecular flexibility index (Phi) is 7.76. The molecule has 0 saturated heterocycles. The van der Waals surface area contributed by atoms with Crippen LogP contribution in [0, 0.1) is 0 Å². The van der Waals surface area contributed by atoms with Crippen LogP contribution in [-0.4, -0.2) is 25.2 Å². The van der Waals surface area contributed by atoms with Crippen LogP contribution in [0.15, 0.2) is 43.0 Å². The average molecular weight is 401 g/mol. The van der Waals surface area contributed by atoms with E-state index in [1.165, 1.54) is 6.56 Å². The number of aliphatic hydroxyl groups excluding tert-OH is 1. The monoisotopic (exact) mass is 398 g/mol. The van der Waals surface area contributed by atoms with E-state index in [0.717, 1.165) is 12.8 Å². The van der Waals surface area contributed by atoms with Crippen molar-refractivity contribution in [2.24, 2.45) is 0 Å². The van der Waals surface area contributed by atoms with Gasteiger partial charge in [0.2, 0.25) is 0 Å². The average Bonchev–Trinajstić information content (AvgIpc) is 2.98. The van der Waals surface area contributed by atoms with Crippen LogP contribution in [0.2, 0.25) is 4.63 Å². The normalized spacial score (nSPS) is 17.6. The number of hydrogen-bond donors (Lipinski definition) is 1. The SMILES string of the molecule is Cl.Cl.[CH3][Zr](=[SiH2])([O]CCO)([C]1=CC=CC1)[C]1=CC=CC1. The van der Waals surface area contributed by atoms with Crippen LogP contribution in [0.3, 0.4) is 0 Å². The van der Waals surface area contributed by atoms with Crippen molar-refractivity contribution in [2.45, 2.75) is 17.5 Å². The summed E-state index contributed by atoms with van der Waals surface area (Å²) in [6.07, 6.45) is 15.2. The summed E-state index contributed by atoms with van der Waals surface area (Å²) in [7, 11) is 0. The van der Waals surface area contributed by atoms with Gasteiger partial charge in [-0.25, -0.2) is 0 Å². The Balaban J connectivity index is 0.00000162. The van der Waals surface area contributed by atoms with E-state index >= 15 is 0 Å². The molecular weight excluding hydrogens is 378 g/mol. The van der Waals surface area contributed by atoms with E-state index in [0.29, 0.717) is 6.61 Å². The van der Waals surface area contributed by atoms with E-state index in [2.05, 4.69) is 48.0 Å². The van der Waals surface area contributed by atoms with Gasteiger partial charge in [0.05, 0.1) is 0 Å². The number of halogens is 2. The fourth-order valence-corrected chi connectivity index (χ4v) is 15.9. The first-order valence-corrected chi connectivity index (χ1v) is 17.9. The van der Waals surface area contributed by atoms with Gasteiger partial charge in [-0.3, -0.25) is 0 Å². The van der Waals surface area contributed by atoms with Gasteiger partial charge in [-0.15, -0.1) is 24.8 Å². The molecule has 0 aromatic rings. The van der Waals surface area contributed by atoms with E-state index in [4.69, 9.17) is 7.92 Å². The number of rotatable bonds is 5. The van der Waals surface area contributed by atoms with Crippen molar-refractivity contribution in [3.63, 3.8) is 0 Å². The van der Waals surface area contributed by atoms with Gasteiger partial charge in [-0.2, -0.15) is 0 Å². The summed E-state index contributed by atoms with van der Waals surface area (Å²) in [6, 6.07) is 0.